The van der Waals surface area contributed by atoms with Crippen molar-refractivity contribution in [2.45, 2.75) is 19.4 Å². The van der Waals surface area contributed by atoms with Crippen LogP contribution in [0.5, 0.6) is 0 Å². The number of anilines is 1. The number of benzene rings is 1. The maximum absolute atomic E-state index is 12.5. The van der Waals surface area contributed by atoms with Crippen LogP contribution in [0, 0.1) is 0 Å². The number of nitrogens with zero attached hydrogens (tertiary/aromatic N) is 2. The third-order valence-corrected chi connectivity index (χ3v) is 4.57. The van der Waals surface area contributed by atoms with Gasteiger partial charge in [0.2, 0.25) is 11.8 Å². The highest BCUT2D eigenvalue weighted by Gasteiger charge is 2.19. The van der Waals surface area contributed by atoms with Crippen LogP contribution in [0.15, 0.2) is 60.2 Å². The number of hydrogen-bond acceptors (Lipinski definition) is 4. The number of carbonyl (C=O) groups excluding carboxylic acids is 2. The Balaban J connectivity index is 1.75. The van der Waals surface area contributed by atoms with Crippen LogP contribution in [0.2, 0.25) is 0 Å². The smallest absolute Gasteiger partial charge is 0.226 e. The second-order valence-electron chi connectivity index (χ2n) is 5.49. The predicted molar refractivity (Wildman–Crippen MR) is 97.7 cm³/mol. The Hall–Kier alpha value is -2.93. The number of aromatic nitrogens is 2. The van der Waals surface area contributed by atoms with Gasteiger partial charge >= 0.3 is 0 Å². The molecule has 0 radical (unpaired) electrons. The number of rotatable bonds is 6. The molecule has 2 amide bonds. The van der Waals surface area contributed by atoms with Crippen molar-refractivity contribution in [1.29, 1.82) is 0 Å². The van der Waals surface area contributed by atoms with Gasteiger partial charge in [-0.1, -0.05) is 18.2 Å². The van der Waals surface area contributed by atoms with Crippen LogP contribution < -0.4 is 10.6 Å². The summed E-state index contributed by atoms with van der Waals surface area (Å²) in [4.78, 5) is 24.9. The molecule has 0 fully saturated rings. The van der Waals surface area contributed by atoms with Crippen LogP contribution in [0.1, 0.15) is 24.3 Å². The summed E-state index contributed by atoms with van der Waals surface area (Å²) >= 11 is 1.51. The fraction of sp³-hybridized carbons (Fsp3) is 0.167. The monoisotopic (exact) mass is 354 g/mol. The molecule has 7 heteroatoms. The molecule has 2 heterocycles. The van der Waals surface area contributed by atoms with Crippen LogP contribution in [0.4, 0.5) is 5.69 Å². The lowest BCUT2D eigenvalue weighted by Crippen LogP contribution is -2.29. The highest BCUT2D eigenvalue weighted by Crippen LogP contribution is 2.24. The molecule has 0 aliphatic heterocycles. The normalized spacial score (nSPS) is 11.7. The van der Waals surface area contributed by atoms with E-state index in [0.29, 0.717) is 5.69 Å². The lowest BCUT2D eigenvalue weighted by atomic mass is 10.1. The summed E-state index contributed by atoms with van der Waals surface area (Å²) < 4.78 is 1.69. The molecule has 2 aromatic heterocycles. The topological polar surface area (TPSA) is 76.0 Å². The lowest BCUT2D eigenvalue weighted by Gasteiger charge is -2.17. The first-order chi connectivity index (χ1) is 12.1. The van der Waals surface area contributed by atoms with Gasteiger partial charge in [-0.05, 0) is 29.6 Å². The van der Waals surface area contributed by atoms with E-state index in [1.807, 2.05) is 54.0 Å². The van der Waals surface area contributed by atoms with E-state index in [1.54, 1.807) is 10.9 Å². The zero-order valence-corrected chi connectivity index (χ0v) is 14.5. The molecule has 1 atom stereocenters. The Bertz CT molecular complexity index is 844. The first kappa shape index (κ1) is 16.9. The molecular weight excluding hydrogens is 336 g/mol. The average molecular weight is 354 g/mol. The Morgan fingerprint density at radius 2 is 2.04 bits per heavy atom. The van der Waals surface area contributed by atoms with E-state index in [0.717, 1.165) is 10.6 Å². The zero-order valence-electron chi connectivity index (χ0n) is 13.7. The number of hydrogen-bond donors (Lipinski definition) is 2. The van der Waals surface area contributed by atoms with E-state index in [-0.39, 0.29) is 24.3 Å². The molecule has 0 bridgehead atoms. The largest absolute Gasteiger partial charge is 0.348 e. The molecular formula is C18H18N4O2S. The van der Waals surface area contributed by atoms with Gasteiger partial charge < -0.3 is 10.6 Å². The molecule has 0 aliphatic rings. The molecule has 3 aromatic rings. The van der Waals surface area contributed by atoms with Crippen LogP contribution in [-0.2, 0) is 9.59 Å². The third kappa shape index (κ3) is 4.33. The van der Waals surface area contributed by atoms with Gasteiger partial charge in [0.1, 0.15) is 0 Å². The van der Waals surface area contributed by atoms with Crippen molar-refractivity contribution < 1.29 is 9.59 Å². The minimum atomic E-state index is -0.339. The van der Waals surface area contributed by atoms with Gasteiger partial charge in [-0.15, -0.1) is 11.3 Å². The molecule has 0 saturated carbocycles. The molecule has 25 heavy (non-hydrogen) atoms. The Kier molecular flexibility index (Phi) is 5.25. The van der Waals surface area contributed by atoms with Crippen molar-refractivity contribution in [2.75, 3.05) is 5.32 Å². The first-order valence-corrected chi connectivity index (χ1v) is 8.71. The van der Waals surface area contributed by atoms with Crippen molar-refractivity contribution in [3.8, 4) is 5.69 Å². The Morgan fingerprint density at radius 1 is 1.20 bits per heavy atom. The van der Waals surface area contributed by atoms with E-state index in [2.05, 4.69) is 15.7 Å². The standard InChI is InChI=1S/C18H18N4O2S/c1-13(23)20-15(17-8-4-11-25-17)12-18(24)21-14-6-2-3-7-16(14)22-10-5-9-19-22/h2-11,15H,12H2,1H3,(H,20,23)(H,21,24). The number of para-hydroxylation sites is 2. The third-order valence-electron chi connectivity index (χ3n) is 3.58. The average Bonchev–Trinajstić information content (AvgIpc) is 3.28. The maximum atomic E-state index is 12.5. The summed E-state index contributed by atoms with van der Waals surface area (Å²) in [5, 5.41) is 11.9. The number of carbonyl (C=O) groups is 2. The summed E-state index contributed by atoms with van der Waals surface area (Å²) in [7, 11) is 0. The van der Waals surface area contributed by atoms with Gasteiger partial charge in [-0.3, -0.25) is 9.59 Å². The molecule has 128 valence electrons. The van der Waals surface area contributed by atoms with Crippen molar-refractivity contribution in [3.63, 3.8) is 0 Å². The maximum Gasteiger partial charge on any atom is 0.226 e. The van der Waals surface area contributed by atoms with Crippen LogP contribution in [0.3, 0.4) is 0 Å². The van der Waals surface area contributed by atoms with E-state index in [9.17, 15) is 9.59 Å². The minimum Gasteiger partial charge on any atom is -0.348 e. The van der Waals surface area contributed by atoms with Crippen LogP contribution >= 0.6 is 11.3 Å². The van der Waals surface area contributed by atoms with E-state index >= 15 is 0 Å². The molecule has 0 aliphatic carbocycles. The van der Waals surface area contributed by atoms with Crippen molar-refractivity contribution in [1.82, 2.24) is 15.1 Å². The van der Waals surface area contributed by atoms with Crippen LogP contribution in [0.25, 0.3) is 5.69 Å². The predicted octanol–water partition coefficient (Wildman–Crippen LogP) is 3.14. The quantitative estimate of drug-likeness (QED) is 0.714. The number of thiophene rings is 1. The highest BCUT2D eigenvalue weighted by atomic mass is 32.1. The molecule has 0 spiro atoms. The van der Waals surface area contributed by atoms with E-state index in [1.165, 1.54) is 18.3 Å². The van der Waals surface area contributed by atoms with Gasteiger partial charge in [0, 0.05) is 24.2 Å². The van der Waals surface area contributed by atoms with Gasteiger partial charge in [-0.2, -0.15) is 5.10 Å². The second kappa shape index (κ2) is 7.76. The van der Waals surface area contributed by atoms with Crippen molar-refractivity contribution in [3.05, 3.63) is 65.1 Å². The van der Waals surface area contributed by atoms with E-state index in [4.69, 9.17) is 0 Å². The summed E-state index contributed by atoms with van der Waals surface area (Å²) in [6, 6.07) is 12.7. The summed E-state index contributed by atoms with van der Waals surface area (Å²) in [5.74, 6) is -0.338. The Morgan fingerprint density at radius 3 is 2.72 bits per heavy atom. The summed E-state index contributed by atoms with van der Waals surface area (Å²) in [6.45, 7) is 1.45. The van der Waals surface area contributed by atoms with Crippen molar-refractivity contribution >= 4 is 28.8 Å². The minimum absolute atomic E-state index is 0.160. The fourth-order valence-electron chi connectivity index (χ4n) is 2.53. The van der Waals surface area contributed by atoms with Gasteiger partial charge in [0.25, 0.3) is 0 Å². The molecule has 3 rings (SSSR count). The lowest BCUT2D eigenvalue weighted by molar-refractivity contribution is -0.120. The zero-order chi connectivity index (χ0) is 17.6. The molecule has 1 aromatic carbocycles. The van der Waals surface area contributed by atoms with Crippen molar-refractivity contribution in [2.24, 2.45) is 0 Å². The van der Waals surface area contributed by atoms with Gasteiger partial charge in [0.15, 0.2) is 0 Å². The SMILES string of the molecule is CC(=O)NC(CC(=O)Nc1ccccc1-n1cccn1)c1cccs1. The summed E-state index contributed by atoms with van der Waals surface area (Å²) in [6.07, 6.45) is 3.66. The Labute approximate surface area is 149 Å². The van der Waals surface area contributed by atoms with Gasteiger partial charge in [0.05, 0.1) is 23.8 Å². The molecule has 1 unspecified atom stereocenters. The van der Waals surface area contributed by atoms with Gasteiger partial charge in [-0.25, -0.2) is 4.68 Å². The highest BCUT2D eigenvalue weighted by molar-refractivity contribution is 7.10. The van der Waals surface area contributed by atoms with E-state index < -0.39 is 0 Å². The summed E-state index contributed by atoms with van der Waals surface area (Å²) in [5.41, 5.74) is 1.46. The first-order valence-electron chi connectivity index (χ1n) is 7.83. The molecule has 6 nitrogen and oxygen atoms in total. The fourth-order valence-corrected chi connectivity index (χ4v) is 3.31. The number of amides is 2. The molecule has 2 N–H and O–H groups in total. The second-order valence-corrected chi connectivity index (χ2v) is 6.47. The molecule has 0 saturated heterocycles. The number of nitrogens with one attached hydrogen (secondary N) is 2. The van der Waals surface area contributed by atoms with Crippen LogP contribution in [-0.4, -0.2) is 21.6 Å².